The second-order valence-electron chi connectivity index (χ2n) is 6.88. The fourth-order valence-corrected chi connectivity index (χ4v) is 3.44. The van der Waals surface area contributed by atoms with Crippen LogP contribution < -0.4 is 10.6 Å². The Morgan fingerprint density at radius 2 is 1.79 bits per heavy atom. The molecule has 12 heteroatoms. The molecule has 0 fully saturated rings. The predicted molar refractivity (Wildman–Crippen MR) is 108 cm³/mol. The second-order valence-corrected chi connectivity index (χ2v) is 6.88. The lowest BCUT2D eigenvalue weighted by molar-refractivity contribution is -0.206. The highest BCUT2D eigenvalue weighted by molar-refractivity contribution is 5.89. The van der Waals surface area contributed by atoms with Crippen molar-refractivity contribution in [2.24, 2.45) is 0 Å². The molecule has 0 aromatic carbocycles. The maximum absolute atomic E-state index is 13.6. The van der Waals surface area contributed by atoms with E-state index in [-0.39, 0.29) is 17.0 Å². The molecule has 4 rings (SSSR count). The standard InChI is InChI=1S/C19H14F6N4O2.C2H6/c20-18(21,22)10-7-12(9-1-4-26-5-2-9)28-13(8-10)11-3-6-27-16-14(11)15(19(23,24)25)31-17(30)29-16;1-2/h1,3,6-8,15,26H,2,4-5H2,(H,27,29,30);1-2H3. The Balaban J connectivity index is 0.00000149. The van der Waals surface area contributed by atoms with Crippen LogP contribution in [0.5, 0.6) is 0 Å². The molecular formula is C21H20F6N4O2. The van der Waals surface area contributed by atoms with Gasteiger partial charge in [-0.05, 0) is 36.7 Å². The van der Waals surface area contributed by atoms with Crippen LogP contribution in [0.4, 0.5) is 37.0 Å². The quantitative estimate of drug-likeness (QED) is 0.544. The van der Waals surface area contributed by atoms with Crippen molar-refractivity contribution >= 4 is 17.5 Å². The summed E-state index contributed by atoms with van der Waals surface area (Å²) in [6.07, 6.45) is -10.6. The number of rotatable bonds is 2. The molecule has 2 aliphatic heterocycles. The number of halogens is 6. The number of ether oxygens (including phenoxy) is 1. The Hall–Kier alpha value is -3.15. The van der Waals surface area contributed by atoms with Crippen LogP contribution in [-0.4, -0.2) is 35.3 Å². The van der Waals surface area contributed by atoms with Crippen molar-refractivity contribution in [2.75, 3.05) is 18.4 Å². The monoisotopic (exact) mass is 474 g/mol. The summed E-state index contributed by atoms with van der Waals surface area (Å²) in [4.78, 5) is 19.5. The Kier molecular flexibility index (Phi) is 6.96. The van der Waals surface area contributed by atoms with Crippen LogP contribution >= 0.6 is 0 Å². The van der Waals surface area contributed by atoms with Crippen LogP contribution in [0, 0.1) is 0 Å². The normalized spacial score (nSPS) is 18.2. The molecule has 2 aromatic rings. The van der Waals surface area contributed by atoms with Crippen molar-refractivity contribution < 1.29 is 35.9 Å². The van der Waals surface area contributed by atoms with Gasteiger partial charge < -0.3 is 10.1 Å². The molecule has 1 amide bonds. The molecule has 1 atom stereocenters. The molecule has 2 aliphatic rings. The number of carbonyl (C=O) groups excluding carboxylic acids is 1. The van der Waals surface area contributed by atoms with Gasteiger partial charge in [0.2, 0.25) is 6.10 Å². The largest absolute Gasteiger partial charge is 0.431 e. The van der Waals surface area contributed by atoms with Gasteiger partial charge in [-0.1, -0.05) is 19.9 Å². The number of carbonyl (C=O) groups is 1. The van der Waals surface area contributed by atoms with Crippen LogP contribution in [0.15, 0.2) is 30.5 Å². The highest BCUT2D eigenvalue weighted by atomic mass is 19.4. The van der Waals surface area contributed by atoms with Gasteiger partial charge in [-0.2, -0.15) is 26.3 Å². The lowest BCUT2D eigenvalue weighted by Crippen LogP contribution is -2.34. The van der Waals surface area contributed by atoms with Gasteiger partial charge in [0.15, 0.2) is 0 Å². The summed E-state index contributed by atoms with van der Waals surface area (Å²) in [7, 11) is 0. The third kappa shape index (κ3) is 5.27. The number of alkyl halides is 6. The Morgan fingerprint density at radius 1 is 1.09 bits per heavy atom. The maximum atomic E-state index is 13.6. The summed E-state index contributed by atoms with van der Waals surface area (Å²) >= 11 is 0. The highest BCUT2D eigenvalue weighted by Gasteiger charge is 2.49. The topological polar surface area (TPSA) is 76.1 Å². The van der Waals surface area contributed by atoms with Gasteiger partial charge >= 0.3 is 18.4 Å². The molecule has 6 nitrogen and oxygen atoms in total. The van der Waals surface area contributed by atoms with E-state index in [1.54, 1.807) is 6.08 Å². The van der Waals surface area contributed by atoms with Gasteiger partial charge in [0, 0.05) is 18.3 Å². The fourth-order valence-electron chi connectivity index (χ4n) is 3.44. The van der Waals surface area contributed by atoms with E-state index < -0.39 is 41.5 Å². The fraction of sp³-hybridized carbons (Fsp3) is 0.381. The van der Waals surface area contributed by atoms with E-state index in [0.717, 1.165) is 18.3 Å². The van der Waals surface area contributed by atoms with Crippen LogP contribution in [0.3, 0.4) is 0 Å². The highest BCUT2D eigenvalue weighted by Crippen LogP contribution is 2.46. The summed E-state index contributed by atoms with van der Waals surface area (Å²) in [5, 5.41) is 5.08. The van der Waals surface area contributed by atoms with E-state index in [4.69, 9.17) is 0 Å². The van der Waals surface area contributed by atoms with Crippen molar-refractivity contribution in [1.82, 2.24) is 15.3 Å². The average Bonchev–Trinajstić information content (AvgIpc) is 2.78. The first-order chi connectivity index (χ1) is 15.5. The average molecular weight is 474 g/mol. The second kappa shape index (κ2) is 9.38. The lowest BCUT2D eigenvalue weighted by Gasteiger charge is -2.29. The van der Waals surface area contributed by atoms with Gasteiger partial charge in [0.05, 0.1) is 22.5 Å². The van der Waals surface area contributed by atoms with Crippen LogP contribution in [0.2, 0.25) is 0 Å². The van der Waals surface area contributed by atoms with Crippen LogP contribution in [-0.2, 0) is 10.9 Å². The lowest BCUT2D eigenvalue weighted by atomic mass is 9.96. The molecule has 2 N–H and O–H groups in total. The number of nitrogens with one attached hydrogen (secondary N) is 2. The van der Waals surface area contributed by atoms with Crippen molar-refractivity contribution in [3.8, 4) is 11.3 Å². The van der Waals surface area contributed by atoms with E-state index in [2.05, 4.69) is 25.3 Å². The SMILES string of the molecule is CC.O=C1Nc2nccc(-c3cc(C(F)(F)F)cc(C4=CCNCC4)n3)c2C(C(F)(F)F)O1. The number of fused-ring (bicyclic) bond motifs is 1. The molecule has 0 radical (unpaired) electrons. The van der Waals surface area contributed by atoms with Gasteiger partial charge in [-0.3, -0.25) is 5.32 Å². The number of hydrogen-bond acceptors (Lipinski definition) is 5. The van der Waals surface area contributed by atoms with E-state index in [1.165, 1.54) is 0 Å². The predicted octanol–water partition coefficient (Wildman–Crippen LogP) is 5.73. The van der Waals surface area contributed by atoms with E-state index in [1.807, 2.05) is 13.8 Å². The smallest absolute Gasteiger partial charge is 0.430 e. The third-order valence-corrected chi connectivity index (χ3v) is 4.82. The molecular weight excluding hydrogens is 454 g/mol. The van der Waals surface area contributed by atoms with Crippen LogP contribution in [0.25, 0.3) is 16.8 Å². The molecule has 0 saturated heterocycles. The molecule has 1 unspecified atom stereocenters. The summed E-state index contributed by atoms with van der Waals surface area (Å²) in [5.41, 5.74) is -1.70. The van der Waals surface area contributed by atoms with E-state index in [0.29, 0.717) is 31.1 Å². The molecule has 178 valence electrons. The first-order valence-corrected chi connectivity index (χ1v) is 10.1. The van der Waals surface area contributed by atoms with Gasteiger partial charge in [0.1, 0.15) is 5.82 Å². The number of aromatic nitrogens is 2. The number of cyclic esters (lactones) is 1. The number of hydrogen-bond donors (Lipinski definition) is 2. The Morgan fingerprint density at radius 3 is 2.39 bits per heavy atom. The number of amides is 1. The van der Waals surface area contributed by atoms with E-state index >= 15 is 0 Å². The maximum Gasteiger partial charge on any atom is 0.430 e. The zero-order chi connectivity index (χ0) is 24.4. The van der Waals surface area contributed by atoms with Gasteiger partial charge in [0.25, 0.3) is 0 Å². The third-order valence-electron chi connectivity index (χ3n) is 4.82. The van der Waals surface area contributed by atoms with Gasteiger partial charge in [-0.15, -0.1) is 0 Å². The molecule has 4 heterocycles. The first kappa shape index (κ1) is 24.5. The van der Waals surface area contributed by atoms with Crippen molar-refractivity contribution in [3.63, 3.8) is 0 Å². The number of nitrogens with zero attached hydrogens (tertiary/aromatic N) is 2. The molecule has 0 saturated carbocycles. The summed E-state index contributed by atoms with van der Waals surface area (Å²) in [6.45, 7) is 4.96. The Labute approximate surface area is 185 Å². The zero-order valence-corrected chi connectivity index (χ0v) is 17.6. The molecule has 0 aliphatic carbocycles. The minimum absolute atomic E-state index is 0.0150. The molecule has 0 spiro atoms. The molecule has 33 heavy (non-hydrogen) atoms. The molecule has 0 bridgehead atoms. The van der Waals surface area contributed by atoms with Crippen molar-refractivity contribution in [1.29, 1.82) is 0 Å². The van der Waals surface area contributed by atoms with Crippen LogP contribution in [0.1, 0.15) is 43.2 Å². The van der Waals surface area contributed by atoms with Gasteiger partial charge in [-0.25, -0.2) is 14.8 Å². The number of pyridine rings is 2. The summed E-state index contributed by atoms with van der Waals surface area (Å²) < 4.78 is 85.8. The summed E-state index contributed by atoms with van der Waals surface area (Å²) in [6, 6.07) is 2.65. The summed E-state index contributed by atoms with van der Waals surface area (Å²) in [5.74, 6) is -0.446. The first-order valence-electron chi connectivity index (χ1n) is 10.1. The van der Waals surface area contributed by atoms with E-state index in [9.17, 15) is 31.1 Å². The molecule has 2 aromatic heterocycles. The minimum atomic E-state index is -5.01. The minimum Gasteiger partial charge on any atom is -0.431 e. The number of anilines is 1. The van der Waals surface area contributed by atoms with Crippen molar-refractivity contribution in [2.45, 2.75) is 38.7 Å². The Bertz CT molecular complexity index is 1070. The van der Waals surface area contributed by atoms with Crippen molar-refractivity contribution in [3.05, 3.63) is 47.3 Å². The zero-order valence-electron chi connectivity index (χ0n) is 17.6.